The Hall–Kier alpha value is -1.42. The normalized spacial score (nSPS) is 10.6. The minimum absolute atomic E-state index is 0.387. The molecular formula is C8H6ClN3O. The lowest BCUT2D eigenvalue weighted by Gasteiger charge is -1.99. The topological polar surface area (TPSA) is 52.7 Å². The lowest BCUT2D eigenvalue weighted by molar-refractivity contribution is -0.643. The summed E-state index contributed by atoms with van der Waals surface area (Å²) in [5, 5.41) is 15.4. The van der Waals surface area contributed by atoms with Crippen molar-refractivity contribution >= 4 is 22.6 Å². The first-order valence-corrected chi connectivity index (χ1v) is 4.08. The van der Waals surface area contributed by atoms with E-state index in [4.69, 9.17) is 11.6 Å². The highest BCUT2D eigenvalue weighted by atomic mass is 35.5. The molecule has 0 bridgehead atoms. The van der Waals surface area contributed by atoms with E-state index in [1.807, 2.05) is 0 Å². The van der Waals surface area contributed by atoms with Gasteiger partial charge >= 0.3 is 0 Å². The fraction of sp³-hybridized carbons (Fsp3) is 0.125. The van der Waals surface area contributed by atoms with Crippen LogP contribution in [-0.2, 0) is 0 Å². The SMILES string of the molecule is Cc1nc2ccc(Cl)cc2[n+]([O-])n1. The number of aryl methyl sites for hydroxylation is 1. The van der Waals surface area contributed by atoms with Crippen LogP contribution in [0.15, 0.2) is 18.2 Å². The fourth-order valence-corrected chi connectivity index (χ4v) is 1.29. The van der Waals surface area contributed by atoms with Crippen molar-refractivity contribution in [1.82, 2.24) is 10.1 Å². The number of aromatic nitrogens is 3. The molecule has 0 saturated carbocycles. The van der Waals surface area contributed by atoms with Crippen molar-refractivity contribution in [2.45, 2.75) is 6.92 Å². The molecule has 66 valence electrons. The lowest BCUT2D eigenvalue weighted by Crippen LogP contribution is -2.33. The molecule has 0 aliphatic heterocycles. The Balaban J connectivity index is 2.87. The first-order valence-electron chi connectivity index (χ1n) is 3.70. The van der Waals surface area contributed by atoms with E-state index in [-0.39, 0.29) is 0 Å². The molecule has 0 aliphatic carbocycles. The molecule has 0 radical (unpaired) electrons. The Bertz CT molecular complexity index is 472. The third kappa shape index (κ3) is 1.40. The average molecular weight is 196 g/mol. The van der Waals surface area contributed by atoms with E-state index in [1.165, 1.54) is 0 Å². The van der Waals surface area contributed by atoms with Crippen LogP contribution in [-0.4, -0.2) is 10.1 Å². The second-order valence-corrected chi connectivity index (χ2v) is 3.10. The van der Waals surface area contributed by atoms with E-state index in [0.717, 1.165) is 0 Å². The van der Waals surface area contributed by atoms with Gasteiger partial charge in [-0.15, -0.1) is 0 Å². The molecule has 0 N–H and O–H groups in total. The van der Waals surface area contributed by atoms with Crippen molar-refractivity contribution in [2.75, 3.05) is 0 Å². The van der Waals surface area contributed by atoms with Gasteiger partial charge in [0.25, 0.3) is 5.52 Å². The van der Waals surface area contributed by atoms with E-state index < -0.39 is 0 Å². The van der Waals surface area contributed by atoms with Crippen LogP contribution in [0.25, 0.3) is 11.0 Å². The van der Waals surface area contributed by atoms with Gasteiger partial charge in [-0.25, -0.2) is 4.98 Å². The van der Waals surface area contributed by atoms with E-state index in [2.05, 4.69) is 10.1 Å². The minimum Gasteiger partial charge on any atom is -0.594 e. The van der Waals surface area contributed by atoms with Gasteiger partial charge in [-0.2, -0.15) is 0 Å². The summed E-state index contributed by atoms with van der Waals surface area (Å²) in [6, 6.07) is 4.93. The monoisotopic (exact) mass is 195 g/mol. The summed E-state index contributed by atoms with van der Waals surface area (Å²) in [4.78, 5) is 4.62. The lowest BCUT2D eigenvalue weighted by atomic mass is 10.3. The van der Waals surface area contributed by atoms with Crippen molar-refractivity contribution in [1.29, 1.82) is 0 Å². The summed E-state index contributed by atoms with van der Waals surface area (Å²) in [6.07, 6.45) is 0. The fourth-order valence-electron chi connectivity index (χ4n) is 1.13. The third-order valence-electron chi connectivity index (χ3n) is 1.66. The van der Waals surface area contributed by atoms with Gasteiger partial charge in [0.05, 0.1) is 0 Å². The smallest absolute Gasteiger partial charge is 0.271 e. The van der Waals surface area contributed by atoms with E-state index in [9.17, 15) is 5.21 Å². The van der Waals surface area contributed by atoms with Gasteiger partial charge in [-0.05, 0) is 17.0 Å². The molecule has 0 aliphatic rings. The summed E-state index contributed by atoms with van der Waals surface area (Å²) in [5.41, 5.74) is 0.991. The molecule has 1 aromatic carbocycles. The minimum atomic E-state index is 0.387. The van der Waals surface area contributed by atoms with Gasteiger partial charge in [-0.3, -0.25) is 0 Å². The Labute approximate surface area is 79.4 Å². The first kappa shape index (κ1) is 8.19. The van der Waals surface area contributed by atoms with Crippen molar-refractivity contribution in [2.24, 2.45) is 0 Å². The van der Waals surface area contributed by atoms with Gasteiger partial charge in [-0.1, -0.05) is 11.6 Å². The van der Waals surface area contributed by atoms with Crippen LogP contribution in [0.2, 0.25) is 5.02 Å². The quantitative estimate of drug-likeness (QED) is 0.469. The standard InChI is InChI=1S/C8H6ClN3O/c1-5-10-7-3-2-6(9)4-8(7)12(13)11-5/h2-4H,1H3. The van der Waals surface area contributed by atoms with Crippen LogP contribution >= 0.6 is 11.6 Å². The number of fused-ring (bicyclic) bond motifs is 1. The predicted molar refractivity (Wildman–Crippen MR) is 48.2 cm³/mol. The summed E-state index contributed by atoms with van der Waals surface area (Å²) >= 11 is 5.72. The molecule has 0 fully saturated rings. The zero-order valence-corrected chi connectivity index (χ0v) is 7.62. The van der Waals surface area contributed by atoms with Gasteiger partial charge in [0.1, 0.15) is 5.52 Å². The van der Waals surface area contributed by atoms with Gasteiger partial charge in [0.15, 0.2) is 5.82 Å². The van der Waals surface area contributed by atoms with Crippen molar-refractivity contribution in [3.63, 3.8) is 0 Å². The molecular weight excluding hydrogens is 190 g/mol. The van der Waals surface area contributed by atoms with Crippen molar-refractivity contribution in [3.8, 4) is 0 Å². The molecule has 2 rings (SSSR count). The molecule has 13 heavy (non-hydrogen) atoms. The van der Waals surface area contributed by atoms with Crippen LogP contribution < -0.4 is 4.85 Å². The second-order valence-electron chi connectivity index (χ2n) is 2.66. The zero-order chi connectivity index (χ0) is 9.42. The van der Waals surface area contributed by atoms with E-state index in [1.54, 1.807) is 25.1 Å². The summed E-state index contributed by atoms with van der Waals surface area (Å²) < 4.78 is 0. The largest absolute Gasteiger partial charge is 0.594 e. The molecule has 0 saturated heterocycles. The highest BCUT2D eigenvalue weighted by Crippen LogP contribution is 2.13. The van der Waals surface area contributed by atoms with Crippen LogP contribution in [0.4, 0.5) is 0 Å². The van der Waals surface area contributed by atoms with Gasteiger partial charge in [0, 0.05) is 23.1 Å². The molecule has 0 atom stereocenters. The average Bonchev–Trinajstić information content (AvgIpc) is 2.06. The molecule has 5 heteroatoms. The van der Waals surface area contributed by atoms with E-state index in [0.29, 0.717) is 26.7 Å². The number of hydrogen-bond acceptors (Lipinski definition) is 3. The Morgan fingerprint density at radius 2 is 2.23 bits per heavy atom. The summed E-state index contributed by atoms with van der Waals surface area (Å²) in [7, 11) is 0. The Morgan fingerprint density at radius 1 is 1.46 bits per heavy atom. The Kier molecular flexibility index (Phi) is 1.77. The molecule has 1 heterocycles. The maximum atomic E-state index is 11.3. The van der Waals surface area contributed by atoms with Crippen LogP contribution in [0.3, 0.4) is 0 Å². The highest BCUT2D eigenvalue weighted by Gasteiger charge is 2.07. The number of hydrogen-bond donors (Lipinski definition) is 0. The molecule has 0 amide bonds. The molecule has 0 unspecified atom stereocenters. The van der Waals surface area contributed by atoms with Gasteiger partial charge < -0.3 is 5.21 Å². The number of halogens is 1. The van der Waals surface area contributed by atoms with Crippen molar-refractivity contribution in [3.05, 3.63) is 34.3 Å². The molecule has 0 spiro atoms. The number of rotatable bonds is 0. The highest BCUT2D eigenvalue weighted by molar-refractivity contribution is 6.31. The van der Waals surface area contributed by atoms with Crippen LogP contribution in [0.5, 0.6) is 0 Å². The summed E-state index contributed by atoms with van der Waals surface area (Å²) in [6.45, 7) is 1.67. The van der Waals surface area contributed by atoms with Crippen molar-refractivity contribution < 1.29 is 4.85 Å². The molecule has 2 aromatic rings. The second kappa shape index (κ2) is 2.81. The number of nitrogens with zero attached hydrogens (tertiary/aromatic N) is 3. The summed E-state index contributed by atoms with van der Waals surface area (Å²) in [5.74, 6) is 0.449. The van der Waals surface area contributed by atoms with E-state index >= 15 is 0 Å². The Morgan fingerprint density at radius 3 is 3.00 bits per heavy atom. The van der Waals surface area contributed by atoms with Crippen LogP contribution in [0.1, 0.15) is 5.82 Å². The molecule has 1 aromatic heterocycles. The van der Waals surface area contributed by atoms with Crippen LogP contribution in [0, 0.1) is 12.1 Å². The predicted octanol–water partition coefficient (Wildman–Crippen LogP) is 1.23. The zero-order valence-electron chi connectivity index (χ0n) is 6.86. The third-order valence-corrected chi connectivity index (χ3v) is 1.90. The maximum absolute atomic E-state index is 11.3. The maximum Gasteiger partial charge on any atom is 0.271 e. The first-order chi connectivity index (χ1) is 6.16. The molecule has 4 nitrogen and oxygen atoms in total. The van der Waals surface area contributed by atoms with Gasteiger partial charge in [0.2, 0.25) is 0 Å². The number of benzene rings is 1.